The predicted molar refractivity (Wildman–Crippen MR) is 67.9 cm³/mol. The maximum Gasteiger partial charge on any atom is 0.131 e. The predicted octanol–water partition coefficient (Wildman–Crippen LogP) is 1.97. The van der Waals surface area contributed by atoms with Gasteiger partial charge in [-0.05, 0) is 37.9 Å². The van der Waals surface area contributed by atoms with Gasteiger partial charge in [-0.25, -0.2) is 4.98 Å². The van der Waals surface area contributed by atoms with Crippen LogP contribution in [0.2, 0.25) is 0 Å². The molecule has 1 aliphatic rings. The summed E-state index contributed by atoms with van der Waals surface area (Å²) in [7, 11) is 2.13. The second-order valence-electron chi connectivity index (χ2n) is 4.67. The first kappa shape index (κ1) is 11.4. The summed E-state index contributed by atoms with van der Waals surface area (Å²) in [5.41, 5.74) is 1.25. The van der Waals surface area contributed by atoms with Crippen LogP contribution in [0.25, 0.3) is 0 Å². The van der Waals surface area contributed by atoms with Gasteiger partial charge in [0.1, 0.15) is 5.82 Å². The molecule has 1 aromatic rings. The number of rotatable bonds is 3. The van der Waals surface area contributed by atoms with E-state index in [1.165, 1.54) is 31.4 Å². The molecule has 0 saturated carbocycles. The molecule has 1 atom stereocenters. The van der Waals surface area contributed by atoms with E-state index in [1.807, 2.05) is 12.3 Å². The minimum Gasteiger partial charge on any atom is -0.358 e. The molecule has 1 fully saturated rings. The topological polar surface area (TPSA) is 28.2 Å². The highest BCUT2D eigenvalue weighted by Crippen LogP contribution is 2.16. The summed E-state index contributed by atoms with van der Waals surface area (Å²) in [6, 6.07) is 4.73. The Kier molecular flexibility index (Phi) is 3.78. The Morgan fingerprint density at radius 3 is 3.06 bits per heavy atom. The maximum absolute atomic E-state index is 4.44. The number of likely N-dealkylation sites (N-methyl/N-ethyl adjacent to an activating group) is 1. The largest absolute Gasteiger partial charge is 0.358 e. The highest BCUT2D eigenvalue weighted by atomic mass is 15.2. The Labute approximate surface area is 97.9 Å². The third-order valence-corrected chi connectivity index (χ3v) is 3.25. The molecule has 1 aliphatic heterocycles. The van der Waals surface area contributed by atoms with Crippen molar-refractivity contribution in [1.82, 2.24) is 10.3 Å². The first-order chi connectivity index (χ1) is 7.77. The van der Waals surface area contributed by atoms with Crippen LogP contribution in [0.5, 0.6) is 0 Å². The van der Waals surface area contributed by atoms with Gasteiger partial charge in [0.25, 0.3) is 0 Å². The fraction of sp³-hybridized carbons (Fsp3) is 0.615. The average molecular weight is 219 g/mol. The third-order valence-electron chi connectivity index (χ3n) is 3.25. The van der Waals surface area contributed by atoms with Gasteiger partial charge in [-0.2, -0.15) is 0 Å². The van der Waals surface area contributed by atoms with Crippen LogP contribution in [0.3, 0.4) is 0 Å². The van der Waals surface area contributed by atoms with Gasteiger partial charge >= 0.3 is 0 Å². The summed E-state index contributed by atoms with van der Waals surface area (Å²) in [5.74, 6) is 1.11. The van der Waals surface area contributed by atoms with E-state index in [4.69, 9.17) is 0 Å². The molecule has 16 heavy (non-hydrogen) atoms. The van der Waals surface area contributed by atoms with E-state index in [0.29, 0.717) is 6.04 Å². The van der Waals surface area contributed by atoms with Gasteiger partial charge in [-0.3, -0.25) is 0 Å². The van der Waals surface area contributed by atoms with Crippen molar-refractivity contribution in [2.75, 3.05) is 25.0 Å². The van der Waals surface area contributed by atoms with E-state index in [0.717, 1.165) is 12.4 Å². The molecule has 3 heteroatoms. The fourth-order valence-electron chi connectivity index (χ4n) is 2.37. The van der Waals surface area contributed by atoms with Crippen molar-refractivity contribution in [3.8, 4) is 0 Å². The van der Waals surface area contributed by atoms with Crippen molar-refractivity contribution >= 4 is 5.82 Å². The number of piperidine rings is 1. The van der Waals surface area contributed by atoms with Gasteiger partial charge in [0, 0.05) is 25.8 Å². The van der Waals surface area contributed by atoms with Crippen LogP contribution in [-0.4, -0.2) is 31.2 Å². The van der Waals surface area contributed by atoms with Crippen molar-refractivity contribution in [2.45, 2.75) is 32.2 Å². The SMILES string of the molecule is Cc1cccnc1N(C)CC1CCCCN1. The average Bonchev–Trinajstić information content (AvgIpc) is 2.31. The van der Waals surface area contributed by atoms with Crippen molar-refractivity contribution < 1.29 is 0 Å². The number of hydrogen-bond acceptors (Lipinski definition) is 3. The molecular weight excluding hydrogens is 198 g/mol. The zero-order valence-corrected chi connectivity index (χ0v) is 10.2. The number of nitrogens with one attached hydrogen (secondary N) is 1. The van der Waals surface area contributed by atoms with E-state index in [-0.39, 0.29) is 0 Å². The Bertz CT molecular complexity index is 332. The van der Waals surface area contributed by atoms with Crippen molar-refractivity contribution in [3.05, 3.63) is 23.9 Å². The van der Waals surface area contributed by atoms with Gasteiger partial charge in [0.05, 0.1) is 0 Å². The molecule has 0 aliphatic carbocycles. The van der Waals surface area contributed by atoms with Gasteiger partial charge in [-0.15, -0.1) is 0 Å². The lowest BCUT2D eigenvalue weighted by Crippen LogP contribution is -2.42. The monoisotopic (exact) mass is 219 g/mol. The summed E-state index contributed by atoms with van der Waals surface area (Å²) in [5, 5.41) is 3.57. The molecule has 0 amide bonds. The molecule has 0 spiro atoms. The molecule has 1 saturated heterocycles. The number of hydrogen-bond donors (Lipinski definition) is 1. The molecule has 0 radical (unpaired) electrons. The van der Waals surface area contributed by atoms with Gasteiger partial charge in [-0.1, -0.05) is 12.5 Å². The Hall–Kier alpha value is -1.09. The Balaban J connectivity index is 1.96. The van der Waals surface area contributed by atoms with Gasteiger partial charge in [0.15, 0.2) is 0 Å². The highest BCUT2D eigenvalue weighted by molar-refractivity contribution is 5.45. The lowest BCUT2D eigenvalue weighted by molar-refractivity contribution is 0.403. The number of aryl methyl sites for hydroxylation is 1. The van der Waals surface area contributed by atoms with Crippen LogP contribution in [-0.2, 0) is 0 Å². The molecule has 88 valence electrons. The standard InChI is InChI=1S/C13H21N3/c1-11-6-5-9-15-13(11)16(2)10-12-7-3-4-8-14-12/h5-6,9,12,14H,3-4,7-8,10H2,1-2H3. The third kappa shape index (κ3) is 2.73. The van der Waals surface area contributed by atoms with Crippen LogP contribution in [0, 0.1) is 6.92 Å². The smallest absolute Gasteiger partial charge is 0.131 e. The molecule has 1 N–H and O–H groups in total. The first-order valence-corrected chi connectivity index (χ1v) is 6.13. The first-order valence-electron chi connectivity index (χ1n) is 6.13. The minimum atomic E-state index is 0.625. The normalized spacial score (nSPS) is 20.8. The highest BCUT2D eigenvalue weighted by Gasteiger charge is 2.15. The van der Waals surface area contributed by atoms with E-state index >= 15 is 0 Å². The van der Waals surface area contributed by atoms with E-state index in [1.54, 1.807) is 0 Å². The van der Waals surface area contributed by atoms with Gasteiger partial charge < -0.3 is 10.2 Å². The Morgan fingerprint density at radius 2 is 2.38 bits per heavy atom. The lowest BCUT2D eigenvalue weighted by atomic mass is 10.0. The summed E-state index contributed by atoms with van der Waals surface area (Å²) in [6.45, 7) is 4.34. The van der Waals surface area contributed by atoms with Crippen LogP contribution >= 0.6 is 0 Å². The van der Waals surface area contributed by atoms with E-state index in [9.17, 15) is 0 Å². The van der Waals surface area contributed by atoms with E-state index in [2.05, 4.69) is 35.2 Å². The molecule has 3 nitrogen and oxygen atoms in total. The number of pyridine rings is 1. The second-order valence-corrected chi connectivity index (χ2v) is 4.67. The molecule has 2 rings (SSSR count). The zero-order valence-electron chi connectivity index (χ0n) is 10.2. The van der Waals surface area contributed by atoms with Crippen molar-refractivity contribution in [1.29, 1.82) is 0 Å². The molecule has 0 aromatic carbocycles. The molecule has 1 unspecified atom stereocenters. The number of nitrogens with zero attached hydrogens (tertiary/aromatic N) is 2. The molecule has 2 heterocycles. The number of aromatic nitrogens is 1. The van der Waals surface area contributed by atoms with Crippen molar-refractivity contribution in [3.63, 3.8) is 0 Å². The molecular formula is C13H21N3. The maximum atomic E-state index is 4.44. The fourth-order valence-corrected chi connectivity index (χ4v) is 2.37. The van der Waals surface area contributed by atoms with E-state index < -0.39 is 0 Å². The summed E-state index contributed by atoms with van der Waals surface area (Å²) >= 11 is 0. The quantitative estimate of drug-likeness (QED) is 0.842. The molecule has 1 aromatic heterocycles. The van der Waals surface area contributed by atoms with Crippen LogP contribution in [0.4, 0.5) is 5.82 Å². The Morgan fingerprint density at radius 1 is 1.50 bits per heavy atom. The number of anilines is 1. The summed E-state index contributed by atoms with van der Waals surface area (Å²) in [4.78, 5) is 6.70. The molecule has 0 bridgehead atoms. The lowest BCUT2D eigenvalue weighted by Gasteiger charge is -2.29. The summed E-state index contributed by atoms with van der Waals surface area (Å²) < 4.78 is 0. The van der Waals surface area contributed by atoms with Gasteiger partial charge in [0.2, 0.25) is 0 Å². The minimum absolute atomic E-state index is 0.625. The second kappa shape index (κ2) is 5.30. The zero-order chi connectivity index (χ0) is 11.4. The van der Waals surface area contributed by atoms with Crippen LogP contribution < -0.4 is 10.2 Å². The van der Waals surface area contributed by atoms with Crippen LogP contribution in [0.1, 0.15) is 24.8 Å². The van der Waals surface area contributed by atoms with Crippen LogP contribution in [0.15, 0.2) is 18.3 Å². The summed E-state index contributed by atoms with van der Waals surface area (Å²) in [6.07, 6.45) is 5.83. The van der Waals surface area contributed by atoms with Crippen molar-refractivity contribution in [2.24, 2.45) is 0 Å².